The topological polar surface area (TPSA) is 68.9 Å². The monoisotopic (exact) mass is 337 g/mol. The Hall–Kier alpha value is -2.27. The number of fused-ring (bicyclic) bond motifs is 2. The molecular formula is C19H19N3OS. The Morgan fingerprint density at radius 1 is 1.08 bits per heavy atom. The molecule has 0 atom stereocenters. The van der Waals surface area contributed by atoms with Crippen LogP contribution in [0.4, 0.5) is 5.69 Å². The largest absolute Gasteiger partial charge is 0.397 e. The van der Waals surface area contributed by atoms with E-state index in [1.807, 2.05) is 0 Å². The van der Waals surface area contributed by atoms with Gasteiger partial charge in [0.15, 0.2) is 0 Å². The molecule has 3 aromatic heterocycles. The number of carbonyl (C=O) groups excluding carboxylic acids is 1. The van der Waals surface area contributed by atoms with Crippen LogP contribution in [0.5, 0.6) is 0 Å². The SMILES string of the molecule is Nc1c(C(=O)c2ccncc2)sc2nc3c(cc12)CCCCCC3. The summed E-state index contributed by atoms with van der Waals surface area (Å²) in [5, 5.41) is 0.928. The van der Waals surface area contributed by atoms with Crippen LogP contribution in [-0.2, 0) is 12.8 Å². The van der Waals surface area contributed by atoms with Crippen LogP contribution >= 0.6 is 11.3 Å². The zero-order valence-corrected chi connectivity index (χ0v) is 14.2. The number of anilines is 1. The minimum Gasteiger partial charge on any atom is -0.397 e. The van der Waals surface area contributed by atoms with E-state index in [9.17, 15) is 4.79 Å². The molecule has 1 aliphatic carbocycles. The minimum atomic E-state index is -0.0506. The van der Waals surface area contributed by atoms with Crippen molar-refractivity contribution in [3.05, 3.63) is 52.3 Å². The van der Waals surface area contributed by atoms with E-state index in [2.05, 4.69) is 11.1 Å². The lowest BCUT2D eigenvalue weighted by atomic mass is 9.96. The van der Waals surface area contributed by atoms with Crippen molar-refractivity contribution in [1.29, 1.82) is 0 Å². The van der Waals surface area contributed by atoms with Gasteiger partial charge >= 0.3 is 0 Å². The molecule has 0 saturated carbocycles. The summed E-state index contributed by atoms with van der Waals surface area (Å²) in [5.74, 6) is -0.0506. The summed E-state index contributed by atoms with van der Waals surface area (Å²) in [6.07, 6.45) is 10.3. The summed E-state index contributed by atoms with van der Waals surface area (Å²) in [4.78, 5) is 23.0. The molecule has 4 nitrogen and oxygen atoms in total. The third-order valence-corrected chi connectivity index (χ3v) is 5.76. The van der Waals surface area contributed by atoms with Crippen LogP contribution in [0.3, 0.4) is 0 Å². The van der Waals surface area contributed by atoms with Crippen LogP contribution in [0.2, 0.25) is 0 Å². The Labute approximate surface area is 144 Å². The molecule has 0 fully saturated rings. The highest BCUT2D eigenvalue weighted by atomic mass is 32.1. The van der Waals surface area contributed by atoms with Crippen LogP contribution in [0.25, 0.3) is 10.2 Å². The fraction of sp³-hybridized carbons (Fsp3) is 0.316. The normalized spacial score (nSPS) is 14.8. The van der Waals surface area contributed by atoms with Gasteiger partial charge in [-0.2, -0.15) is 0 Å². The van der Waals surface area contributed by atoms with Crippen LogP contribution in [0, 0.1) is 0 Å². The Kier molecular flexibility index (Phi) is 4.02. The number of hydrogen-bond acceptors (Lipinski definition) is 5. The van der Waals surface area contributed by atoms with E-state index >= 15 is 0 Å². The quantitative estimate of drug-likeness (QED) is 0.713. The summed E-state index contributed by atoms with van der Waals surface area (Å²) in [6.45, 7) is 0. The number of carbonyl (C=O) groups is 1. The maximum Gasteiger partial charge on any atom is 0.205 e. The number of rotatable bonds is 2. The van der Waals surface area contributed by atoms with Crippen LogP contribution in [0.15, 0.2) is 30.6 Å². The van der Waals surface area contributed by atoms with Crippen LogP contribution in [0.1, 0.15) is 52.2 Å². The second-order valence-corrected chi connectivity index (χ2v) is 7.27. The van der Waals surface area contributed by atoms with Gasteiger partial charge in [0.2, 0.25) is 5.78 Å². The average molecular weight is 337 g/mol. The Bertz CT molecular complexity index is 902. The predicted octanol–water partition coefficient (Wildman–Crippen LogP) is 4.16. The third-order valence-electron chi connectivity index (χ3n) is 4.65. The van der Waals surface area contributed by atoms with Gasteiger partial charge in [-0.1, -0.05) is 12.8 Å². The number of nitrogens with zero attached hydrogens (tertiary/aromatic N) is 2. The second kappa shape index (κ2) is 6.32. The summed E-state index contributed by atoms with van der Waals surface area (Å²) in [7, 11) is 0. The fourth-order valence-corrected chi connectivity index (χ4v) is 4.37. The first-order valence-electron chi connectivity index (χ1n) is 8.39. The zero-order valence-electron chi connectivity index (χ0n) is 13.4. The highest BCUT2D eigenvalue weighted by molar-refractivity contribution is 7.21. The van der Waals surface area contributed by atoms with Crippen molar-refractivity contribution >= 4 is 33.0 Å². The van der Waals surface area contributed by atoms with Crippen molar-refractivity contribution in [2.75, 3.05) is 5.73 Å². The molecule has 0 aromatic carbocycles. The van der Waals surface area contributed by atoms with E-state index in [0.717, 1.165) is 23.1 Å². The van der Waals surface area contributed by atoms with Gasteiger partial charge in [-0.25, -0.2) is 4.98 Å². The molecule has 3 heterocycles. The molecular weight excluding hydrogens is 318 g/mol. The van der Waals surface area contributed by atoms with Gasteiger partial charge in [0.25, 0.3) is 0 Å². The first-order valence-corrected chi connectivity index (χ1v) is 9.21. The van der Waals surface area contributed by atoms with E-state index in [-0.39, 0.29) is 5.78 Å². The summed E-state index contributed by atoms with van der Waals surface area (Å²) in [6, 6.07) is 5.61. The summed E-state index contributed by atoms with van der Waals surface area (Å²) >= 11 is 1.41. The van der Waals surface area contributed by atoms with Gasteiger partial charge in [-0.3, -0.25) is 9.78 Å². The van der Waals surface area contributed by atoms with E-state index in [4.69, 9.17) is 10.7 Å². The second-order valence-electron chi connectivity index (χ2n) is 6.27. The molecule has 0 unspecified atom stereocenters. The summed E-state index contributed by atoms with van der Waals surface area (Å²) in [5.41, 5.74) is 9.98. The van der Waals surface area contributed by atoms with Gasteiger partial charge in [0, 0.05) is 29.0 Å². The van der Waals surface area contributed by atoms with Crippen LogP contribution < -0.4 is 5.73 Å². The van der Waals surface area contributed by atoms with Crippen molar-refractivity contribution in [1.82, 2.24) is 9.97 Å². The number of pyridine rings is 2. The Balaban J connectivity index is 1.81. The Morgan fingerprint density at radius 2 is 1.83 bits per heavy atom. The molecule has 122 valence electrons. The van der Waals surface area contributed by atoms with Crippen molar-refractivity contribution in [3.63, 3.8) is 0 Å². The Morgan fingerprint density at radius 3 is 2.62 bits per heavy atom. The van der Waals surface area contributed by atoms with Gasteiger partial charge in [0.05, 0.1) is 5.69 Å². The van der Waals surface area contributed by atoms with Crippen molar-refractivity contribution in [2.45, 2.75) is 38.5 Å². The van der Waals surface area contributed by atoms with E-state index < -0.39 is 0 Å². The van der Waals surface area contributed by atoms with Crippen molar-refractivity contribution in [2.24, 2.45) is 0 Å². The molecule has 3 aromatic rings. The molecule has 0 radical (unpaired) electrons. The summed E-state index contributed by atoms with van der Waals surface area (Å²) < 4.78 is 0. The van der Waals surface area contributed by atoms with Crippen molar-refractivity contribution in [3.8, 4) is 0 Å². The van der Waals surface area contributed by atoms with E-state index in [0.29, 0.717) is 16.1 Å². The molecule has 0 amide bonds. The first-order chi connectivity index (χ1) is 11.7. The number of nitrogen functional groups attached to an aromatic ring is 1. The van der Waals surface area contributed by atoms with Crippen LogP contribution in [-0.4, -0.2) is 15.8 Å². The fourth-order valence-electron chi connectivity index (χ4n) is 3.32. The van der Waals surface area contributed by atoms with Gasteiger partial charge in [-0.05, 0) is 49.4 Å². The molecule has 1 aliphatic rings. The molecule has 0 bridgehead atoms. The zero-order chi connectivity index (χ0) is 16.5. The molecule has 0 spiro atoms. The molecule has 5 heteroatoms. The lowest BCUT2D eigenvalue weighted by molar-refractivity contribution is 0.104. The maximum atomic E-state index is 12.7. The van der Waals surface area contributed by atoms with Gasteiger partial charge in [0.1, 0.15) is 9.71 Å². The highest BCUT2D eigenvalue weighted by Gasteiger charge is 2.20. The average Bonchev–Trinajstić information content (AvgIpc) is 2.91. The van der Waals surface area contributed by atoms with Gasteiger partial charge < -0.3 is 5.73 Å². The standard InChI is InChI=1S/C19H19N3OS/c20-16-14-11-13-5-3-1-2-4-6-15(13)22-19(14)24-18(16)17(23)12-7-9-21-10-8-12/h7-11H,1-6,20H2. The molecule has 0 aliphatic heterocycles. The number of aryl methyl sites for hydroxylation is 2. The maximum absolute atomic E-state index is 12.7. The number of nitrogens with two attached hydrogens (primary N) is 1. The minimum absolute atomic E-state index is 0.0506. The first kappa shape index (κ1) is 15.3. The lowest BCUT2D eigenvalue weighted by Gasteiger charge is -2.12. The molecule has 0 saturated heterocycles. The van der Waals surface area contributed by atoms with E-state index in [1.54, 1.807) is 24.5 Å². The number of thiophene rings is 1. The van der Waals surface area contributed by atoms with Gasteiger partial charge in [-0.15, -0.1) is 11.3 Å². The smallest absolute Gasteiger partial charge is 0.205 e. The number of hydrogen-bond donors (Lipinski definition) is 1. The molecule has 24 heavy (non-hydrogen) atoms. The van der Waals surface area contributed by atoms with E-state index in [1.165, 1.54) is 48.3 Å². The lowest BCUT2D eigenvalue weighted by Crippen LogP contribution is -2.03. The molecule has 4 rings (SSSR count). The molecule has 2 N–H and O–H groups in total. The van der Waals surface area contributed by atoms with Crippen molar-refractivity contribution < 1.29 is 4.79 Å². The number of ketones is 1. The number of aromatic nitrogens is 2. The third kappa shape index (κ3) is 2.69. The highest BCUT2D eigenvalue weighted by Crippen LogP contribution is 2.36. The predicted molar refractivity (Wildman–Crippen MR) is 97.6 cm³/mol.